The zero-order valence-corrected chi connectivity index (χ0v) is 13.2. The van der Waals surface area contributed by atoms with Crippen molar-refractivity contribution in [1.82, 2.24) is 9.80 Å². The van der Waals surface area contributed by atoms with E-state index in [1.54, 1.807) is 13.2 Å². The lowest BCUT2D eigenvalue weighted by Crippen LogP contribution is -2.34. The zero-order chi connectivity index (χ0) is 15.4. The molecular formula is C17H25FN2O2. The summed E-state index contributed by atoms with van der Waals surface area (Å²) in [5, 5.41) is 0. The van der Waals surface area contributed by atoms with Gasteiger partial charge in [-0.05, 0) is 6.07 Å². The number of hydrogen-bond acceptors (Lipinski definition) is 4. The Labute approximate surface area is 131 Å². The van der Waals surface area contributed by atoms with E-state index in [-0.39, 0.29) is 11.9 Å². The van der Waals surface area contributed by atoms with E-state index in [1.807, 2.05) is 12.1 Å². The molecule has 3 rings (SSSR count). The Morgan fingerprint density at radius 3 is 2.86 bits per heavy atom. The predicted molar refractivity (Wildman–Crippen MR) is 83.2 cm³/mol. The Morgan fingerprint density at radius 2 is 2.05 bits per heavy atom. The van der Waals surface area contributed by atoms with E-state index in [0.29, 0.717) is 12.5 Å². The quantitative estimate of drug-likeness (QED) is 0.825. The Morgan fingerprint density at radius 1 is 1.23 bits per heavy atom. The largest absolute Gasteiger partial charge is 0.383 e. The molecule has 2 saturated heterocycles. The first kappa shape index (κ1) is 15.9. The summed E-state index contributed by atoms with van der Waals surface area (Å²) in [6.45, 7) is 7.05. The molecule has 122 valence electrons. The first-order chi connectivity index (χ1) is 10.8. The molecule has 0 N–H and O–H groups in total. The van der Waals surface area contributed by atoms with E-state index in [0.717, 1.165) is 51.5 Å². The molecule has 1 aromatic carbocycles. The SMILES string of the molecule is COCCN1CCO[C@H]2CN(Cc3ccccc3F)C[C@H]2C1. The van der Waals surface area contributed by atoms with Crippen LogP contribution in [0.5, 0.6) is 0 Å². The summed E-state index contributed by atoms with van der Waals surface area (Å²) in [5.41, 5.74) is 0.773. The molecule has 0 spiro atoms. The number of benzene rings is 1. The third-order valence-corrected chi connectivity index (χ3v) is 4.65. The minimum Gasteiger partial charge on any atom is -0.383 e. The number of fused-ring (bicyclic) bond motifs is 1. The third-order valence-electron chi connectivity index (χ3n) is 4.65. The van der Waals surface area contributed by atoms with Crippen LogP contribution >= 0.6 is 0 Å². The van der Waals surface area contributed by atoms with Crippen molar-refractivity contribution < 1.29 is 13.9 Å². The van der Waals surface area contributed by atoms with Crippen LogP contribution in [0.1, 0.15) is 5.56 Å². The van der Waals surface area contributed by atoms with Crippen LogP contribution in [0.3, 0.4) is 0 Å². The smallest absolute Gasteiger partial charge is 0.127 e. The van der Waals surface area contributed by atoms with E-state index >= 15 is 0 Å². The lowest BCUT2D eigenvalue weighted by molar-refractivity contribution is 0.0506. The van der Waals surface area contributed by atoms with Crippen molar-refractivity contribution in [3.8, 4) is 0 Å². The van der Waals surface area contributed by atoms with Gasteiger partial charge in [-0.2, -0.15) is 0 Å². The summed E-state index contributed by atoms with van der Waals surface area (Å²) in [5.74, 6) is 0.392. The van der Waals surface area contributed by atoms with Crippen LogP contribution in [0.15, 0.2) is 24.3 Å². The van der Waals surface area contributed by atoms with Crippen molar-refractivity contribution in [3.63, 3.8) is 0 Å². The lowest BCUT2D eigenvalue weighted by atomic mass is 10.1. The van der Waals surface area contributed by atoms with E-state index in [4.69, 9.17) is 9.47 Å². The highest BCUT2D eigenvalue weighted by Crippen LogP contribution is 2.25. The highest BCUT2D eigenvalue weighted by Gasteiger charge is 2.36. The predicted octanol–water partition coefficient (Wildman–Crippen LogP) is 1.60. The Kier molecular flexibility index (Phi) is 5.41. The Bertz CT molecular complexity index is 483. The number of likely N-dealkylation sites (tertiary alicyclic amines) is 1. The Hall–Kier alpha value is -1.01. The van der Waals surface area contributed by atoms with E-state index in [2.05, 4.69) is 9.80 Å². The normalized spacial score (nSPS) is 26.8. The van der Waals surface area contributed by atoms with Gasteiger partial charge in [0.2, 0.25) is 0 Å². The summed E-state index contributed by atoms with van der Waals surface area (Å²) in [7, 11) is 1.74. The van der Waals surface area contributed by atoms with Gasteiger partial charge in [0.15, 0.2) is 0 Å². The first-order valence-corrected chi connectivity index (χ1v) is 8.05. The fourth-order valence-electron chi connectivity index (χ4n) is 3.47. The van der Waals surface area contributed by atoms with Crippen LogP contribution in [0, 0.1) is 11.7 Å². The minimum atomic E-state index is -0.114. The molecule has 2 aliphatic rings. The minimum absolute atomic E-state index is 0.114. The van der Waals surface area contributed by atoms with Gasteiger partial charge in [-0.1, -0.05) is 18.2 Å². The molecule has 2 aliphatic heterocycles. The summed E-state index contributed by atoms with van der Waals surface area (Å²) >= 11 is 0. The van der Waals surface area contributed by atoms with Gasteiger partial charge in [0.1, 0.15) is 5.82 Å². The Balaban J connectivity index is 1.57. The summed E-state index contributed by atoms with van der Waals surface area (Å²) in [4.78, 5) is 4.73. The van der Waals surface area contributed by atoms with Crippen LogP contribution < -0.4 is 0 Å². The zero-order valence-electron chi connectivity index (χ0n) is 13.2. The molecule has 0 aromatic heterocycles. The maximum absolute atomic E-state index is 13.8. The maximum atomic E-state index is 13.8. The second-order valence-electron chi connectivity index (χ2n) is 6.25. The van der Waals surface area contributed by atoms with Gasteiger partial charge in [0, 0.05) is 57.9 Å². The van der Waals surface area contributed by atoms with Gasteiger partial charge in [-0.3, -0.25) is 9.80 Å². The average molecular weight is 308 g/mol. The van der Waals surface area contributed by atoms with Crippen LogP contribution in [0.2, 0.25) is 0 Å². The molecule has 0 aliphatic carbocycles. The van der Waals surface area contributed by atoms with Crippen LogP contribution in [-0.2, 0) is 16.0 Å². The summed E-state index contributed by atoms with van der Waals surface area (Å²) in [6, 6.07) is 7.04. The van der Waals surface area contributed by atoms with Crippen LogP contribution in [0.25, 0.3) is 0 Å². The molecule has 0 radical (unpaired) electrons. The second kappa shape index (κ2) is 7.51. The van der Waals surface area contributed by atoms with Gasteiger partial charge in [-0.15, -0.1) is 0 Å². The van der Waals surface area contributed by atoms with Gasteiger partial charge in [-0.25, -0.2) is 4.39 Å². The topological polar surface area (TPSA) is 24.9 Å². The number of methoxy groups -OCH3 is 1. The van der Waals surface area contributed by atoms with Crippen LogP contribution in [-0.4, -0.2) is 69.0 Å². The fraction of sp³-hybridized carbons (Fsp3) is 0.647. The third kappa shape index (κ3) is 3.84. The molecule has 22 heavy (non-hydrogen) atoms. The number of halogens is 1. The fourth-order valence-corrected chi connectivity index (χ4v) is 3.47. The molecule has 2 atom stereocenters. The summed E-state index contributed by atoms with van der Waals surface area (Å²) in [6.07, 6.45) is 0.277. The molecular weight excluding hydrogens is 283 g/mol. The van der Waals surface area contributed by atoms with E-state index in [9.17, 15) is 4.39 Å². The standard InChI is InChI=1S/C17H25FN2O2/c1-21-8-6-19-7-9-22-17-13-20(12-15(17)11-19)10-14-4-2-3-5-16(14)18/h2-5,15,17H,6-13H2,1H3/t15-,17+/m1/s1. The highest BCUT2D eigenvalue weighted by molar-refractivity contribution is 5.17. The molecule has 2 heterocycles. The van der Waals surface area contributed by atoms with Crippen molar-refractivity contribution in [3.05, 3.63) is 35.6 Å². The number of ether oxygens (including phenoxy) is 2. The van der Waals surface area contributed by atoms with Crippen LogP contribution in [0.4, 0.5) is 4.39 Å². The molecule has 1 aromatic rings. The molecule has 2 fully saturated rings. The van der Waals surface area contributed by atoms with Gasteiger partial charge in [0.25, 0.3) is 0 Å². The maximum Gasteiger partial charge on any atom is 0.127 e. The van der Waals surface area contributed by atoms with Crippen molar-refractivity contribution in [2.45, 2.75) is 12.6 Å². The van der Waals surface area contributed by atoms with Crippen molar-refractivity contribution in [1.29, 1.82) is 0 Å². The monoisotopic (exact) mass is 308 g/mol. The van der Waals surface area contributed by atoms with E-state index in [1.165, 1.54) is 6.07 Å². The lowest BCUT2D eigenvalue weighted by Gasteiger charge is -2.23. The van der Waals surface area contributed by atoms with Crippen molar-refractivity contribution in [2.75, 3.05) is 53.0 Å². The van der Waals surface area contributed by atoms with Crippen molar-refractivity contribution in [2.24, 2.45) is 5.92 Å². The second-order valence-corrected chi connectivity index (χ2v) is 6.25. The first-order valence-electron chi connectivity index (χ1n) is 8.05. The highest BCUT2D eigenvalue weighted by atomic mass is 19.1. The molecule has 0 amide bonds. The molecule has 5 heteroatoms. The molecule has 4 nitrogen and oxygen atoms in total. The molecule has 0 bridgehead atoms. The number of nitrogens with zero attached hydrogens (tertiary/aromatic N) is 2. The number of hydrogen-bond donors (Lipinski definition) is 0. The molecule has 0 saturated carbocycles. The molecule has 0 unspecified atom stereocenters. The van der Waals surface area contributed by atoms with Gasteiger partial charge >= 0.3 is 0 Å². The summed E-state index contributed by atoms with van der Waals surface area (Å²) < 4.78 is 25.0. The van der Waals surface area contributed by atoms with Gasteiger partial charge in [0.05, 0.1) is 19.3 Å². The van der Waals surface area contributed by atoms with Gasteiger partial charge < -0.3 is 9.47 Å². The number of rotatable bonds is 5. The average Bonchev–Trinajstić information content (AvgIpc) is 2.78. The van der Waals surface area contributed by atoms with Crippen molar-refractivity contribution >= 4 is 0 Å². The van der Waals surface area contributed by atoms with E-state index < -0.39 is 0 Å².